The SMILES string of the molecule is C#CCCNC1CCNC1. The van der Waals surface area contributed by atoms with Crippen LogP contribution in [0.3, 0.4) is 0 Å². The zero-order valence-electron chi connectivity index (χ0n) is 6.19. The van der Waals surface area contributed by atoms with E-state index < -0.39 is 0 Å². The number of nitrogens with one attached hydrogen (secondary N) is 2. The Morgan fingerprint density at radius 3 is 3.20 bits per heavy atom. The number of rotatable bonds is 3. The zero-order chi connectivity index (χ0) is 7.23. The zero-order valence-corrected chi connectivity index (χ0v) is 6.19. The van der Waals surface area contributed by atoms with Crippen LogP contribution in [0.15, 0.2) is 0 Å². The Morgan fingerprint density at radius 2 is 2.60 bits per heavy atom. The van der Waals surface area contributed by atoms with Gasteiger partial charge in [-0.1, -0.05) is 0 Å². The summed E-state index contributed by atoms with van der Waals surface area (Å²) in [6.07, 6.45) is 7.19. The third kappa shape index (κ3) is 2.38. The van der Waals surface area contributed by atoms with Crippen LogP contribution < -0.4 is 10.6 Å². The first-order valence-corrected chi connectivity index (χ1v) is 3.81. The van der Waals surface area contributed by atoms with E-state index in [1.807, 2.05) is 0 Å². The first-order chi connectivity index (χ1) is 4.93. The van der Waals surface area contributed by atoms with Gasteiger partial charge in [-0.15, -0.1) is 12.3 Å². The normalized spacial score (nSPS) is 24.5. The van der Waals surface area contributed by atoms with Crippen molar-refractivity contribution in [2.45, 2.75) is 18.9 Å². The lowest BCUT2D eigenvalue weighted by atomic mass is 10.2. The molecule has 0 aromatic carbocycles. The molecule has 1 aliphatic heterocycles. The third-order valence-corrected chi connectivity index (χ3v) is 1.76. The molecule has 0 aliphatic carbocycles. The van der Waals surface area contributed by atoms with Gasteiger partial charge in [-0.25, -0.2) is 0 Å². The second kappa shape index (κ2) is 4.32. The molecule has 0 amide bonds. The van der Waals surface area contributed by atoms with Crippen LogP contribution in [0.5, 0.6) is 0 Å². The first kappa shape index (κ1) is 7.59. The number of hydrogen-bond acceptors (Lipinski definition) is 2. The monoisotopic (exact) mass is 138 g/mol. The van der Waals surface area contributed by atoms with Gasteiger partial charge in [-0.3, -0.25) is 0 Å². The molecule has 1 heterocycles. The Kier molecular flexibility index (Phi) is 3.28. The van der Waals surface area contributed by atoms with E-state index in [0.717, 1.165) is 26.1 Å². The van der Waals surface area contributed by atoms with E-state index in [9.17, 15) is 0 Å². The van der Waals surface area contributed by atoms with Crippen molar-refractivity contribution in [3.05, 3.63) is 0 Å². The van der Waals surface area contributed by atoms with Crippen LogP contribution in [0.4, 0.5) is 0 Å². The van der Waals surface area contributed by atoms with Crippen LogP contribution in [0.2, 0.25) is 0 Å². The van der Waals surface area contributed by atoms with Crippen LogP contribution in [0.1, 0.15) is 12.8 Å². The number of terminal acetylenes is 1. The molecule has 0 saturated carbocycles. The maximum Gasteiger partial charge on any atom is 0.0212 e. The molecule has 1 unspecified atom stereocenters. The molecule has 1 fully saturated rings. The van der Waals surface area contributed by atoms with Crippen molar-refractivity contribution in [2.24, 2.45) is 0 Å². The summed E-state index contributed by atoms with van der Waals surface area (Å²) in [5.74, 6) is 2.61. The van der Waals surface area contributed by atoms with Crippen molar-refractivity contribution in [1.29, 1.82) is 0 Å². The maximum absolute atomic E-state index is 5.11. The molecular weight excluding hydrogens is 124 g/mol. The lowest BCUT2D eigenvalue weighted by Gasteiger charge is -2.08. The average Bonchev–Trinajstić information content (AvgIpc) is 2.41. The van der Waals surface area contributed by atoms with Crippen LogP contribution >= 0.6 is 0 Å². The van der Waals surface area contributed by atoms with E-state index in [-0.39, 0.29) is 0 Å². The van der Waals surface area contributed by atoms with Crippen molar-refractivity contribution in [3.63, 3.8) is 0 Å². The Balaban J connectivity index is 1.97. The second-order valence-corrected chi connectivity index (χ2v) is 2.60. The molecule has 1 atom stereocenters. The predicted molar refractivity (Wildman–Crippen MR) is 42.7 cm³/mol. The van der Waals surface area contributed by atoms with Gasteiger partial charge in [0.25, 0.3) is 0 Å². The molecule has 2 N–H and O–H groups in total. The Bertz CT molecular complexity index is 120. The molecule has 2 heteroatoms. The Morgan fingerprint density at radius 1 is 1.70 bits per heavy atom. The van der Waals surface area contributed by atoms with Crippen LogP contribution in [-0.4, -0.2) is 25.7 Å². The summed E-state index contributed by atoms with van der Waals surface area (Å²) in [7, 11) is 0. The highest BCUT2D eigenvalue weighted by atomic mass is 15.0. The van der Waals surface area contributed by atoms with Gasteiger partial charge in [0.2, 0.25) is 0 Å². The van der Waals surface area contributed by atoms with Gasteiger partial charge in [0.05, 0.1) is 0 Å². The largest absolute Gasteiger partial charge is 0.315 e. The molecule has 10 heavy (non-hydrogen) atoms. The molecular formula is C8H14N2. The lowest BCUT2D eigenvalue weighted by Crippen LogP contribution is -2.31. The highest BCUT2D eigenvalue weighted by Crippen LogP contribution is 1.95. The summed E-state index contributed by atoms with van der Waals surface area (Å²) in [5.41, 5.74) is 0. The predicted octanol–water partition coefficient (Wildman–Crippen LogP) is -0.0388. The van der Waals surface area contributed by atoms with Crippen molar-refractivity contribution in [1.82, 2.24) is 10.6 Å². The minimum Gasteiger partial charge on any atom is -0.315 e. The summed E-state index contributed by atoms with van der Waals surface area (Å²) >= 11 is 0. The van der Waals surface area contributed by atoms with E-state index in [0.29, 0.717) is 6.04 Å². The topological polar surface area (TPSA) is 24.1 Å². The van der Waals surface area contributed by atoms with Crippen LogP contribution in [0.25, 0.3) is 0 Å². The van der Waals surface area contributed by atoms with Crippen LogP contribution in [0, 0.1) is 12.3 Å². The molecule has 1 saturated heterocycles. The molecule has 1 aliphatic rings. The molecule has 0 bridgehead atoms. The fourth-order valence-electron chi connectivity index (χ4n) is 1.18. The van der Waals surface area contributed by atoms with Gasteiger partial charge in [0, 0.05) is 25.6 Å². The van der Waals surface area contributed by atoms with E-state index >= 15 is 0 Å². The lowest BCUT2D eigenvalue weighted by molar-refractivity contribution is 0.556. The molecule has 56 valence electrons. The molecule has 0 aromatic heterocycles. The van der Waals surface area contributed by atoms with E-state index in [4.69, 9.17) is 6.42 Å². The highest BCUT2D eigenvalue weighted by molar-refractivity contribution is 4.86. The van der Waals surface area contributed by atoms with Gasteiger partial charge < -0.3 is 10.6 Å². The first-order valence-electron chi connectivity index (χ1n) is 3.81. The van der Waals surface area contributed by atoms with Gasteiger partial charge in [0.1, 0.15) is 0 Å². The van der Waals surface area contributed by atoms with Crippen molar-refractivity contribution in [2.75, 3.05) is 19.6 Å². The quantitative estimate of drug-likeness (QED) is 0.422. The van der Waals surface area contributed by atoms with Crippen molar-refractivity contribution in [3.8, 4) is 12.3 Å². The molecule has 0 spiro atoms. The van der Waals surface area contributed by atoms with E-state index in [1.54, 1.807) is 0 Å². The minimum atomic E-state index is 0.661. The number of hydrogen-bond donors (Lipinski definition) is 2. The Labute approximate surface area is 62.4 Å². The minimum absolute atomic E-state index is 0.661. The smallest absolute Gasteiger partial charge is 0.0212 e. The molecule has 2 nitrogen and oxygen atoms in total. The summed E-state index contributed by atoms with van der Waals surface area (Å²) in [4.78, 5) is 0. The molecule has 0 aromatic rings. The third-order valence-electron chi connectivity index (χ3n) is 1.76. The van der Waals surface area contributed by atoms with E-state index in [2.05, 4.69) is 16.6 Å². The maximum atomic E-state index is 5.11. The fourth-order valence-corrected chi connectivity index (χ4v) is 1.18. The standard InChI is InChI=1S/C8H14N2/c1-2-3-5-10-8-4-6-9-7-8/h1,8-10H,3-7H2. The molecule has 1 rings (SSSR count). The summed E-state index contributed by atoms with van der Waals surface area (Å²) in [5, 5.41) is 6.66. The van der Waals surface area contributed by atoms with E-state index in [1.165, 1.54) is 6.42 Å². The summed E-state index contributed by atoms with van der Waals surface area (Å²) in [6, 6.07) is 0.661. The van der Waals surface area contributed by atoms with Gasteiger partial charge in [-0.2, -0.15) is 0 Å². The Hall–Kier alpha value is -0.520. The summed E-state index contributed by atoms with van der Waals surface area (Å²) in [6.45, 7) is 3.21. The van der Waals surface area contributed by atoms with Gasteiger partial charge in [0.15, 0.2) is 0 Å². The van der Waals surface area contributed by atoms with Gasteiger partial charge in [-0.05, 0) is 13.0 Å². The van der Waals surface area contributed by atoms with Crippen LogP contribution in [-0.2, 0) is 0 Å². The highest BCUT2D eigenvalue weighted by Gasteiger charge is 2.11. The van der Waals surface area contributed by atoms with Crippen molar-refractivity contribution >= 4 is 0 Å². The fraction of sp³-hybridized carbons (Fsp3) is 0.750. The average molecular weight is 138 g/mol. The van der Waals surface area contributed by atoms with Gasteiger partial charge >= 0.3 is 0 Å². The molecule has 0 radical (unpaired) electrons. The summed E-state index contributed by atoms with van der Waals surface area (Å²) < 4.78 is 0. The second-order valence-electron chi connectivity index (χ2n) is 2.60. The van der Waals surface area contributed by atoms with Crippen molar-refractivity contribution < 1.29 is 0 Å².